The van der Waals surface area contributed by atoms with Crippen LogP contribution in [0.15, 0.2) is 23.6 Å². The zero-order valence-corrected chi connectivity index (χ0v) is 12.9. The number of ether oxygens (including phenoxy) is 2. The van der Waals surface area contributed by atoms with Crippen LogP contribution in [0.2, 0.25) is 0 Å². The molecule has 5 heteroatoms. The molecule has 4 nitrogen and oxygen atoms in total. The predicted octanol–water partition coefficient (Wildman–Crippen LogP) is 2.86. The lowest BCUT2D eigenvalue weighted by atomic mass is 10.1. The van der Waals surface area contributed by atoms with Gasteiger partial charge in [0.1, 0.15) is 10.8 Å². The lowest BCUT2D eigenvalue weighted by Gasteiger charge is -2.07. The lowest BCUT2D eigenvalue weighted by molar-refractivity contribution is 0.199. The summed E-state index contributed by atoms with van der Waals surface area (Å²) in [5.74, 6) is 0.861. The van der Waals surface area contributed by atoms with Crippen LogP contribution in [0.3, 0.4) is 0 Å². The van der Waals surface area contributed by atoms with Gasteiger partial charge in [0.2, 0.25) is 0 Å². The third kappa shape index (κ3) is 3.79. The van der Waals surface area contributed by atoms with E-state index in [-0.39, 0.29) is 0 Å². The maximum absolute atomic E-state index is 5.41. The molecule has 0 aliphatic carbocycles. The molecule has 0 radical (unpaired) electrons. The summed E-state index contributed by atoms with van der Waals surface area (Å²) in [6, 6.07) is 6.14. The standard InChI is InChI=1S/C15H20N2O2S/c1-11-4-5-14(19-3)12(8-11)13-10-20-15(17-13)9-16-6-7-18-2/h4-5,8,10,16H,6-7,9H2,1-3H3. The molecule has 2 rings (SSSR count). The average Bonchev–Trinajstić information content (AvgIpc) is 2.92. The largest absolute Gasteiger partial charge is 0.496 e. The number of rotatable bonds is 7. The minimum absolute atomic E-state index is 0.712. The Morgan fingerprint density at radius 3 is 2.90 bits per heavy atom. The van der Waals surface area contributed by atoms with Crippen LogP contribution in [-0.2, 0) is 11.3 Å². The van der Waals surface area contributed by atoms with Gasteiger partial charge in [0, 0.05) is 31.1 Å². The van der Waals surface area contributed by atoms with Crippen molar-refractivity contribution < 1.29 is 9.47 Å². The molecular formula is C15H20N2O2S. The van der Waals surface area contributed by atoms with Gasteiger partial charge in [0.15, 0.2) is 0 Å². The van der Waals surface area contributed by atoms with Crippen molar-refractivity contribution >= 4 is 11.3 Å². The number of hydrogen-bond acceptors (Lipinski definition) is 5. The second-order valence-corrected chi connectivity index (χ2v) is 5.44. The summed E-state index contributed by atoms with van der Waals surface area (Å²) in [5.41, 5.74) is 3.22. The van der Waals surface area contributed by atoms with Crippen molar-refractivity contribution in [3.8, 4) is 17.0 Å². The van der Waals surface area contributed by atoms with Crippen LogP contribution < -0.4 is 10.1 Å². The first kappa shape index (κ1) is 15.0. The molecule has 0 unspecified atom stereocenters. The second kappa shape index (κ2) is 7.38. The SMILES string of the molecule is COCCNCc1nc(-c2cc(C)ccc2OC)cs1. The predicted molar refractivity (Wildman–Crippen MR) is 82.4 cm³/mol. The Morgan fingerprint density at radius 1 is 1.30 bits per heavy atom. The molecule has 1 N–H and O–H groups in total. The second-order valence-electron chi connectivity index (χ2n) is 4.50. The van der Waals surface area contributed by atoms with E-state index in [2.05, 4.69) is 28.7 Å². The Balaban J connectivity index is 2.10. The molecule has 0 spiro atoms. The number of benzene rings is 1. The lowest BCUT2D eigenvalue weighted by Crippen LogP contribution is -2.18. The molecule has 0 aliphatic rings. The topological polar surface area (TPSA) is 43.4 Å². The van der Waals surface area contributed by atoms with Crippen LogP contribution in [-0.4, -0.2) is 32.4 Å². The highest BCUT2D eigenvalue weighted by Gasteiger charge is 2.10. The number of methoxy groups -OCH3 is 2. The van der Waals surface area contributed by atoms with E-state index in [1.165, 1.54) is 5.56 Å². The first-order valence-electron chi connectivity index (χ1n) is 6.53. The summed E-state index contributed by atoms with van der Waals surface area (Å²) in [5, 5.41) is 6.44. The van der Waals surface area contributed by atoms with Crippen molar-refractivity contribution in [1.82, 2.24) is 10.3 Å². The van der Waals surface area contributed by atoms with Gasteiger partial charge in [0.05, 0.1) is 19.4 Å². The summed E-state index contributed by atoms with van der Waals surface area (Å²) < 4.78 is 10.4. The highest BCUT2D eigenvalue weighted by atomic mass is 32.1. The molecule has 0 saturated heterocycles. The number of aromatic nitrogens is 1. The molecule has 1 heterocycles. The first-order valence-corrected chi connectivity index (χ1v) is 7.41. The molecule has 0 amide bonds. The maximum Gasteiger partial charge on any atom is 0.128 e. The van der Waals surface area contributed by atoms with E-state index in [9.17, 15) is 0 Å². The van der Waals surface area contributed by atoms with Crippen molar-refractivity contribution in [1.29, 1.82) is 0 Å². The van der Waals surface area contributed by atoms with E-state index < -0.39 is 0 Å². The average molecular weight is 292 g/mol. The van der Waals surface area contributed by atoms with E-state index in [0.29, 0.717) is 6.61 Å². The summed E-state index contributed by atoms with van der Waals surface area (Å²) in [4.78, 5) is 4.66. The van der Waals surface area contributed by atoms with Crippen molar-refractivity contribution in [3.05, 3.63) is 34.2 Å². The molecule has 0 saturated carbocycles. The van der Waals surface area contributed by atoms with Crippen molar-refractivity contribution in [2.45, 2.75) is 13.5 Å². The van der Waals surface area contributed by atoms with Gasteiger partial charge < -0.3 is 14.8 Å². The highest BCUT2D eigenvalue weighted by molar-refractivity contribution is 7.09. The van der Waals surface area contributed by atoms with Crippen LogP contribution in [0, 0.1) is 6.92 Å². The number of nitrogens with zero attached hydrogens (tertiary/aromatic N) is 1. The summed E-state index contributed by atoms with van der Waals surface area (Å²) in [7, 11) is 3.39. The molecule has 0 aliphatic heterocycles. The van der Waals surface area contributed by atoms with Crippen LogP contribution in [0.4, 0.5) is 0 Å². The zero-order chi connectivity index (χ0) is 14.4. The summed E-state index contributed by atoms with van der Waals surface area (Å²) >= 11 is 1.66. The number of aryl methyl sites for hydroxylation is 1. The van der Waals surface area contributed by atoms with Gasteiger partial charge in [0.25, 0.3) is 0 Å². The molecule has 1 aromatic carbocycles. The van der Waals surface area contributed by atoms with Gasteiger partial charge in [-0.1, -0.05) is 11.6 Å². The van der Waals surface area contributed by atoms with Crippen LogP contribution in [0.25, 0.3) is 11.3 Å². The van der Waals surface area contributed by atoms with Crippen LogP contribution >= 0.6 is 11.3 Å². The molecular weight excluding hydrogens is 272 g/mol. The van der Waals surface area contributed by atoms with Gasteiger partial charge in [-0.05, 0) is 19.1 Å². The third-order valence-electron chi connectivity index (χ3n) is 2.94. The molecule has 2 aromatic rings. The quantitative estimate of drug-likeness (QED) is 0.797. The Labute approximate surface area is 123 Å². The number of hydrogen-bond donors (Lipinski definition) is 1. The Bertz CT molecular complexity index is 555. The van der Waals surface area contributed by atoms with Crippen LogP contribution in [0.1, 0.15) is 10.6 Å². The third-order valence-corrected chi connectivity index (χ3v) is 3.79. The van der Waals surface area contributed by atoms with Gasteiger partial charge in [-0.2, -0.15) is 0 Å². The van der Waals surface area contributed by atoms with Crippen molar-refractivity contribution in [2.24, 2.45) is 0 Å². The molecule has 20 heavy (non-hydrogen) atoms. The number of thiazole rings is 1. The van der Waals surface area contributed by atoms with E-state index in [0.717, 1.165) is 35.1 Å². The van der Waals surface area contributed by atoms with Crippen molar-refractivity contribution in [3.63, 3.8) is 0 Å². The molecule has 0 atom stereocenters. The minimum atomic E-state index is 0.712. The van der Waals surface area contributed by atoms with Crippen LogP contribution in [0.5, 0.6) is 5.75 Å². The molecule has 108 valence electrons. The van der Waals surface area contributed by atoms with Gasteiger partial charge >= 0.3 is 0 Å². The minimum Gasteiger partial charge on any atom is -0.496 e. The fraction of sp³-hybridized carbons (Fsp3) is 0.400. The Hall–Kier alpha value is -1.43. The Kier molecular flexibility index (Phi) is 5.52. The highest BCUT2D eigenvalue weighted by Crippen LogP contribution is 2.31. The van der Waals surface area contributed by atoms with Crippen molar-refractivity contribution in [2.75, 3.05) is 27.4 Å². The molecule has 1 aromatic heterocycles. The molecule has 0 fully saturated rings. The summed E-state index contributed by atoms with van der Waals surface area (Å²) in [6.07, 6.45) is 0. The van der Waals surface area contributed by atoms with Gasteiger partial charge in [-0.15, -0.1) is 11.3 Å². The van der Waals surface area contributed by atoms with E-state index in [1.807, 2.05) is 12.1 Å². The fourth-order valence-electron chi connectivity index (χ4n) is 1.91. The van der Waals surface area contributed by atoms with E-state index >= 15 is 0 Å². The van der Waals surface area contributed by atoms with E-state index in [4.69, 9.17) is 9.47 Å². The maximum atomic E-state index is 5.41. The Morgan fingerprint density at radius 2 is 2.15 bits per heavy atom. The zero-order valence-electron chi connectivity index (χ0n) is 12.1. The van der Waals surface area contributed by atoms with E-state index in [1.54, 1.807) is 25.6 Å². The normalized spacial score (nSPS) is 10.8. The van der Waals surface area contributed by atoms with Gasteiger partial charge in [-0.3, -0.25) is 0 Å². The fourth-order valence-corrected chi connectivity index (χ4v) is 2.67. The number of nitrogens with one attached hydrogen (secondary N) is 1. The first-order chi connectivity index (χ1) is 9.74. The van der Waals surface area contributed by atoms with Gasteiger partial charge in [-0.25, -0.2) is 4.98 Å². The summed E-state index contributed by atoms with van der Waals surface area (Å²) in [6.45, 7) is 4.38. The molecule has 0 bridgehead atoms. The smallest absolute Gasteiger partial charge is 0.128 e. The monoisotopic (exact) mass is 292 g/mol.